The average Bonchev–Trinajstić information content (AvgIpc) is 2.57. The fourth-order valence-corrected chi connectivity index (χ4v) is 1.09. The summed E-state index contributed by atoms with van der Waals surface area (Å²) in [6.45, 7) is 2.95. The van der Waals surface area contributed by atoms with E-state index in [1.54, 1.807) is 6.20 Å². The highest BCUT2D eigenvalue weighted by molar-refractivity contribution is 5.13. The minimum absolute atomic E-state index is 0.293. The molecule has 0 spiro atoms. The Labute approximate surface area is 87.0 Å². The first-order valence-corrected chi connectivity index (χ1v) is 4.75. The summed E-state index contributed by atoms with van der Waals surface area (Å²) in [6.07, 6.45) is -0.649. The molecule has 0 unspecified atom stereocenters. The molecule has 0 atom stereocenters. The molecule has 0 fully saturated rings. The van der Waals surface area contributed by atoms with E-state index in [4.69, 9.17) is 4.74 Å². The Balaban J connectivity index is 2.00. The summed E-state index contributed by atoms with van der Waals surface area (Å²) in [4.78, 5) is 0. The van der Waals surface area contributed by atoms with E-state index >= 15 is 0 Å². The van der Waals surface area contributed by atoms with Crippen LogP contribution in [0.25, 0.3) is 0 Å². The lowest BCUT2D eigenvalue weighted by Crippen LogP contribution is -2.20. The smallest absolute Gasteiger partial charge is 0.261 e. The second-order valence-electron chi connectivity index (χ2n) is 3.16. The van der Waals surface area contributed by atoms with Gasteiger partial charge >= 0.3 is 0 Å². The van der Waals surface area contributed by atoms with Gasteiger partial charge in [0.1, 0.15) is 6.61 Å². The molecule has 0 aliphatic carbocycles. The zero-order chi connectivity index (χ0) is 11.1. The maximum absolute atomic E-state index is 11.7. The highest BCUT2D eigenvalue weighted by atomic mass is 19.3. The molecule has 2 N–H and O–H groups in total. The third kappa shape index (κ3) is 4.85. The zero-order valence-electron chi connectivity index (χ0n) is 8.59. The molecule has 1 rings (SSSR count). The van der Waals surface area contributed by atoms with Crippen LogP contribution in [-0.4, -0.2) is 36.4 Å². The van der Waals surface area contributed by atoms with Crippen molar-refractivity contribution in [3.63, 3.8) is 0 Å². The van der Waals surface area contributed by atoms with Crippen LogP contribution >= 0.6 is 0 Å². The van der Waals surface area contributed by atoms with Crippen molar-refractivity contribution in [3.8, 4) is 0 Å². The van der Waals surface area contributed by atoms with Gasteiger partial charge in [0.15, 0.2) is 0 Å². The van der Waals surface area contributed by atoms with Crippen molar-refractivity contribution >= 4 is 0 Å². The summed E-state index contributed by atoms with van der Waals surface area (Å²) in [7, 11) is 0. The maximum atomic E-state index is 11.7. The number of aromatic nitrogens is 2. The standard InChI is InChI=1S/C9H15F2N3O/c1-7-8(5-13-14-7)4-12-2-3-15-6-9(10)11/h5,9,12H,2-4,6H2,1H3,(H,13,14). The Bertz CT molecular complexity index is 278. The van der Waals surface area contributed by atoms with Gasteiger partial charge in [-0.05, 0) is 6.92 Å². The summed E-state index contributed by atoms with van der Waals surface area (Å²) >= 11 is 0. The van der Waals surface area contributed by atoms with Gasteiger partial charge in [0, 0.05) is 24.3 Å². The number of H-pyrrole nitrogens is 1. The number of ether oxygens (including phenoxy) is 1. The molecular formula is C9H15F2N3O. The fraction of sp³-hybridized carbons (Fsp3) is 0.667. The zero-order valence-corrected chi connectivity index (χ0v) is 8.59. The molecule has 0 aliphatic heterocycles. The Morgan fingerprint density at radius 1 is 1.60 bits per heavy atom. The SMILES string of the molecule is Cc1[nH]ncc1CNCCOCC(F)F. The Hall–Kier alpha value is -1.01. The lowest BCUT2D eigenvalue weighted by atomic mass is 10.3. The van der Waals surface area contributed by atoms with Crippen LogP contribution in [-0.2, 0) is 11.3 Å². The van der Waals surface area contributed by atoms with Crippen LogP contribution in [0.15, 0.2) is 6.20 Å². The first-order valence-electron chi connectivity index (χ1n) is 4.75. The molecule has 6 heteroatoms. The van der Waals surface area contributed by atoms with Crippen LogP contribution in [0.5, 0.6) is 0 Å². The van der Waals surface area contributed by atoms with Crippen molar-refractivity contribution in [1.29, 1.82) is 0 Å². The monoisotopic (exact) mass is 219 g/mol. The van der Waals surface area contributed by atoms with Crippen LogP contribution in [0.1, 0.15) is 11.3 Å². The second-order valence-corrected chi connectivity index (χ2v) is 3.16. The van der Waals surface area contributed by atoms with Crippen LogP contribution in [0.3, 0.4) is 0 Å². The molecule has 0 amide bonds. The fourth-order valence-electron chi connectivity index (χ4n) is 1.09. The van der Waals surface area contributed by atoms with Crippen molar-refractivity contribution in [1.82, 2.24) is 15.5 Å². The molecule has 0 bridgehead atoms. The first-order chi connectivity index (χ1) is 7.20. The first kappa shape index (κ1) is 12.1. The molecule has 1 aromatic rings. The highest BCUT2D eigenvalue weighted by Crippen LogP contribution is 2.00. The number of nitrogens with one attached hydrogen (secondary N) is 2. The molecular weight excluding hydrogens is 204 g/mol. The number of aromatic amines is 1. The van der Waals surface area contributed by atoms with Crippen molar-refractivity contribution in [2.24, 2.45) is 0 Å². The molecule has 1 heterocycles. The van der Waals surface area contributed by atoms with Gasteiger partial charge in [0.2, 0.25) is 0 Å². The van der Waals surface area contributed by atoms with Crippen LogP contribution in [0.4, 0.5) is 8.78 Å². The largest absolute Gasteiger partial charge is 0.374 e. The molecule has 1 aromatic heterocycles. The predicted octanol–water partition coefficient (Wildman–Crippen LogP) is 1.09. The number of hydrogen-bond donors (Lipinski definition) is 2. The molecule has 4 nitrogen and oxygen atoms in total. The van der Waals surface area contributed by atoms with Crippen LogP contribution in [0, 0.1) is 6.92 Å². The topological polar surface area (TPSA) is 49.9 Å². The van der Waals surface area contributed by atoms with E-state index in [2.05, 4.69) is 15.5 Å². The van der Waals surface area contributed by atoms with Gasteiger partial charge in [-0.1, -0.05) is 0 Å². The van der Waals surface area contributed by atoms with E-state index in [-0.39, 0.29) is 0 Å². The molecule has 15 heavy (non-hydrogen) atoms. The molecule has 0 radical (unpaired) electrons. The van der Waals surface area contributed by atoms with Crippen molar-refractivity contribution in [2.45, 2.75) is 19.9 Å². The average molecular weight is 219 g/mol. The summed E-state index contributed by atoms with van der Waals surface area (Å²) in [5.41, 5.74) is 2.08. The van der Waals surface area contributed by atoms with Crippen LogP contribution in [0.2, 0.25) is 0 Å². The van der Waals surface area contributed by atoms with E-state index in [0.717, 1.165) is 11.3 Å². The minimum atomic E-state index is -2.39. The van der Waals surface area contributed by atoms with Gasteiger partial charge in [-0.15, -0.1) is 0 Å². The third-order valence-corrected chi connectivity index (χ3v) is 1.92. The second kappa shape index (κ2) is 6.47. The van der Waals surface area contributed by atoms with Crippen molar-refractivity contribution in [2.75, 3.05) is 19.8 Å². The number of halogens is 2. The highest BCUT2D eigenvalue weighted by Gasteiger charge is 2.01. The molecule has 0 aromatic carbocycles. The van der Waals surface area contributed by atoms with Crippen molar-refractivity contribution in [3.05, 3.63) is 17.5 Å². The quantitative estimate of drug-likeness (QED) is 0.675. The summed E-state index contributed by atoms with van der Waals surface area (Å²) in [5, 5.41) is 9.75. The van der Waals surface area contributed by atoms with Gasteiger partial charge in [-0.25, -0.2) is 8.78 Å². The van der Waals surface area contributed by atoms with Gasteiger partial charge in [-0.3, -0.25) is 5.10 Å². The molecule has 0 saturated heterocycles. The Morgan fingerprint density at radius 2 is 2.40 bits per heavy atom. The lowest BCUT2D eigenvalue weighted by molar-refractivity contribution is 0.0187. The molecule has 0 saturated carbocycles. The number of aryl methyl sites for hydroxylation is 1. The Morgan fingerprint density at radius 3 is 3.00 bits per heavy atom. The third-order valence-electron chi connectivity index (χ3n) is 1.92. The minimum Gasteiger partial charge on any atom is -0.374 e. The maximum Gasteiger partial charge on any atom is 0.261 e. The van der Waals surface area contributed by atoms with Crippen molar-refractivity contribution < 1.29 is 13.5 Å². The van der Waals surface area contributed by atoms with E-state index in [9.17, 15) is 8.78 Å². The predicted molar refractivity (Wildman–Crippen MR) is 51.9 cm³/mol. The summed E-state index contributed by atoms with van der Waals surface area (Å²) in [6, 6.07) is 0. The van der Waals surface area contributed by atoms with Gasteiger partial charge in [0.05, 0.1) is 12.8 Å². The van der Waals surface area contributed by atoms with E-state index in [0.29, 0.717) is 19.7 Å². The summed E-state index contributed by atoms with van der Waals surface area (Å²) < 4.78 is 28.0. The van der Waals surface area contributed by atoms with Gasteiger partial charge < -0.3 is 10.1 Å². The lowest BCUT2D eigenvalue weighted by Gasteiger charge is -2.05. The number of hydrogen-bond acceptors (Lipinski definition) is 3. The van der Waals surface area contributed by atoms with E-state index in [1.807, 2.05) is 6.92 Å². The van der Waals surface area contributed by atoms with Gasteiger partial charge in [0.25, 0.3) is 6.43 Å². The number of alkyl halides is 2. The number of nitrogens with zero attached hydrogens (tertiary/aromatic N) is 1. The van der Waals surface area contributed by atoms with Gasteiger partial charge in [-0.2, -0.15) is 5.10 Å². The van der Waals surface area contributed by atoms with E-state index < -0.39 is 13.0 Å². The molecule has 86 valence electrons. The summed E-state index contributed by atoms with van der Waals surface area (Å²) in [5.74, 6) is 0. The van der Waals surface area contributed by atoms with Crippen LogP contribution < -0.4 is 5.32 Å². The Kier molecular flexibility index (Phi) is 5.20. The number of rotatable bonds is 7. The van der Waals surface area contributed by atoms with E-state index in [1.165, 1.54) is 0 Å². The normalized spacial score (nSPS) is 11.2. The molecule has 0 aliphatic rings.